The molecule has 164 valence electrons. The average molecular weight is 435 g/mol. The number of ketones is 2. The summed E-state index contributed by atoms with van der Waals surface area (Å²) in [6, 6.07) is 1.84. The highest BCUT2D eigenvalue weighted by Crippen LogP contribution is 2.29. The Morgan fingerprint density at radius 3 is 2.77 bits per heavy atom. The van der Waals surface area contributed by atoms with Gasteiger partial charge in [0.05, 0.1) is 5.92 Å². The van der Waals surface area contributed by atoms with Crippen LogP contribution in [0.1, 0.15) is 68.9 Å². The van der Waals surface area contributed by atoms with Crippen LogP contribution < -0.4 is 10.5 Å². The minimum absolute atomic E-state index is 0.0352. The Bertz CT molecular complexity index is 827. The summed E-state index contributed by atoms with van der Waals surface area (Å²) in [5, 5.41) is 0.145. The highest BCUT2D eigenvalue weighted by atomic mass is 35.5. The third-order valence-corrected chi connectivity index (χ3v) is 6.22. The summed E-state index contributed by atoms with van der Waals surface area (Å²) in [4.78, 5) is 36.3. The number of carbonyl (C=O) groups is 2. The van der Waals surface area contributed by atoms with Crippen molar-refractivity contribution in [3.8, 4) is 5.88 Å². The number of carbonyl (C=O) groups excluding carboxylic acids is 2. The number of hydrogen-bond donors (Lipinski definition) is 1. The highest BCUT2D eigenvalue weighted by molar-refractivity contribution is 6.29. The van der Waals surface area contributed by atoms with Gasteiger partial charge in [0.25, 0.3) is 0 Å². The molecule has 8 heteroatoms. The molecule has 1 aliphatic carbocycles. The number of aromatic nitrogens is 2. The first-order chi connectivity index (χ1) is 14.4. The second kappa shape index (κ2) is 10.4. The second-order valence-corrected chi connectivity index (χ2v) is 8.61. The van der Waals surface area contributed by atoms with Gasteiger partial charge in [-0.05, 0) is 45.7 Å². The fraction of sp³-hybridized carbons (Fsp3) is 0.636. The lowest BCUT2D eigenvalue weighted by Crippen LogP contribution is -2.31. The summed E-state index contributed by atoms with van der Waals surface area (Å²) >= 11 is 6.16. The summed E-state index contributed by atoms with van der Waals surface area (Å²) in [6.07, 6.45) is 6.42. The zero-order valence-corrected chi connectivity index (χ0v) is 18.6. The minimum Gasteiger partial charge on any atom is -0.476 e. The topological polar surface area (TPSA) is 98.4 Å². The fourth-order valence-corrected chi connectivity index (χ4v) is 4.41. The summed E-state index contributed by atoms with van der Waals surface area (Å²) in [5.41, 5.74) is 7.14. The molecule has 0 radical (unpaired) electrons. The number of likely N-dealkylation sites (N-methyl/N-ethyl adjacent to an activating group) is 1. The molecular formula is C22H31ClN4O3. The number of nitrogens with zero attached hydrogens (tertiary/aromatic N) is 3. The van der Waals surface area contributed by atoms with Crippen LogP contribution >= 0.6 is 11.6 Å². The molecule has 1 saturated heterocycles. The molecular weight excluding hydrogens is 404 g/mol. The Morgan fingerprint density at radius 1 is 1.30 bits per heavy atom. The molecule has 30 heavy (non-hydrogen) atoms. The number of halogens is 1. The molecule has 2 fully saturated rings. The number of likely N-dealkylation sites (tertiary alicyclic amines) is 1. The Labute approximate surface area is 183 Å². The molecule has 1 aliphatic heterocycles. The average Bonchev–Trinajstić information content (AvgIpc) is 3.14. The zero-order valence-electron chi connectivity index (χ0n) is 17.8. The molecule has 3 rings (SSSR count). The quantitative estimate of drug-likeness (QED) is 0.379. The minimum atomic E-state index is -0.392. The lowest BCUT2D eigenvalue weighted by Gasteiger charge is -2.23. The lowest BCUT2D eigenvalue weighted by molar-refractivity contribution is -0.123. The van der Waals surface area contributed by atoms with Crippen LogP contribution in [0.2, 0.25) is 5.15 Å². The van der Waals surface area contributed by atoms with Crippen LogP contribution in [0, 0.1) is 5.92 Å². The molecule has 1 saturated carbocycles. The molecule has 0 amide bonds. The van der Waals surface area contributed by atoms with E-state index < -0.39 is 5.92 Å². The van der Waals surface area contributed by atoms with Crippen LogP contribution in [0.4, 0.5) is 0 Å². The summed E-state index contributed by atoms with van der Waals surface area (Å²) in [7, 11) is 2.07. The van der Waals surface area contributed by atoms with E-state index in [1.807, 2.05) is 6.92 Å². The van der Waals surface area contributed by atoms with Crippen LogP contribution in [0.3, 0.4) is 0 Å². The van der Waals surface area contributed by atoms with Crippen molar-refractivity contribution in [1.82, 2.24) is 14.9 Å². The number of rotatable bonds is 8. The number of Topliss-reactive ketones (excluding diaryl/α,β-unsaturated/α-hetero) is 2. The SMILES string of the molecule is CCC/C(C(=O)c1nc(Cl)cc(OC[C@@H]2CCCN2C)n1)=C(/N)[C@H]1CCCCC1=O. The molecule has 7 nitrogen and oxygen atoms in total. The van der Waals surface area contributed by atoms with Crippen LogP contribution in [0.25, 0.3) is 0 Å². The molecule has 2 aliphatic rings. The van der Waals surface area contributed by atoms with Gasteiger partial charge >= 0.3 is 0 Å². The maximum atomic E-state index is 13.2. The number of allylic oxidation sites excluding steroid dienone is 2. The van der Waals surface area contributed by atoms with Gasteiger partial charge < -0.3 is 15.4 Å². The summed E-state index contributed by atoms with van der Waals surface area (Å²) in [5.74, 6) is -0.416. The molecule has 1 aromatic rings. The Balaban J connectivity index is 1.82. The first kappa shape index (κ1) is 22.7. The largest absolute Gasteiger partial charge is 0.476 e. The predicted molar refractivity (Wildman–Crippen MR) is 116 cm³/mol. The van der Waals surface area contributed by atoms with E-state index in [4.69, 9.17) is 22.1 Å². The van der Waals surface area contributed by atoms with Gasteiger partial charge in [0.1, 0.15) is 17.5 Å². The van der Waals surface area contributed by atoms with Gasteiger partial charge in [-0.15, -0.1) is 0 Å². The van der Waals surface area contributed by atoms with E-state index in [1.165, 1.54) is 6.07 Å². The number of ether oxygens (including phenoxy) is 1. The van der Waals surface area contributed by atoms with Crippen LogP contribution in [-0.4, -0.2) is 52.7 Å². The van der Waals surface area contributed by atoms with Gasteiger partial charge in [-0.25, -0.2) is 4.98 Å². The molecule has 0 bridgehead atoms. The molecule has 1 aromatic heterocycles. The number of hydrogen-bond acceptors (Lipinski definition) is 7. The van der Waals surface area contributed by atoms with Gasteiger partial charge in [-0.2, -0.15) is 4.98 Å². The molecule has 2 atom stereocenters. The fourth-order valence-electron chi connectivity index (χ4n) is 4.24. The van der Waals surface area contributed by atoms with Crippen LogP contribution in [0.5, 0.6) is 5.88 Å². The molecule has 0 aromatic carbocycles. The van der Waals surface area contributed by atoms with Gasteiger partial charge in [0.2, 0.25) is 17.5 Å². The monoisotopic (exact) mass is 434 g/mol. The lowest BCUT2D eigenvalue weighted by atomic mass is 9.83. The smallest absolute Gasteiger partial charge is 0.228 e. The predicted octanol–water partition coefficient (Wildman–Crippen LogP) is 3.56. The van der Waals surface area contributed by atoms with Gasteiger partial charge in [-0.3, -0.25) is 9.59 Å². The first-order valence-corrected chi connectivity index (χ1v) is 11.2. The third kappa shape index (κ3) is 5.38. The Hall–Kier alpha value is -1.99. The van der Waals surface area contributed by atoms with Crippen molar-refractivity contribution < 1.29 is 14.3 Å². The second-order valence-electron chi connectivity index (χ2n) is 8.22. The van der Waals surface area contributed by atoms with E-state index >= 15 is 0 Å². The van der Waals surface area contributed by atoms with E-state index in [0.717, 1.165) is 38.6 Å². The van der Waals surface area contributed by atoms with Gasteiger partial charge in [0, 0.05) is 29.8 Å². The maximum absolute atomic E-state index is 13.2. The molecule has 0 spiro atoms. The van der Waals surface area contributed by atoms with E-state index in [2.05, 4.69) is 21.9 Å². The normalized spacial score (nSPS) is 23.4. The standard InChI is InChI=1S/C22H31ClN4O3/c1-3-7-16(20(24)15-9-4-5-10-17(15)28)21(29)22-25-18(23)12-19(26-22)30-13-14-8-6-11-27(14)2/h12,14-15H,3-11,13,24H2,1-2H3/b20-16-/t14-,15-/m0/s1. The first-order valence-electron chi connectivity index (χ1n) is 10.8. The summed E-state index contributed by atoms with van der Waals surface area (Å²) < 4.78 is 5.83. The molecule has 0 unspecified atom stereocenters. The molecule has 2 N–H and O–H groups in total. The van der Waals surface area contributed by atoms with Crippen molar-refractivity contribution in [2.45, 2.75) is 64.3 Å². The van der Waals surface area contributed by atoms with Crippen molar-refractivity contribution >= 4 is 23.2 Å². The van der Waals surface area contributed by atoms with Gasteiger partial charge in [0.15, 0.2) is 0 Å². The van der Waals surface area contributed by atoms with Crippen molar-refractivity contribution in [3.63, 3.8) is 0 Å². The Morgan fingerprint density at radius 2 is 2.10 bits per heavy atom. The van der Waals surface area contributed by atoms with Crippen molar-refractivity contribution in [2.24, 2.45) is 11.7 Å². The van der Waals surface area contributed by atoms with Gasteiger partial charge in [-0.1, -0.05) is 31.4 Å². The maximum Gasteiger partial charge on any atom is 0.228 e. The molecule has 2 heterocycles. The third-order valence-electron chi connectivity index (χ3n) is 6.02. The summed E-state index contributed by atoms with van der Waals surface area (Å²) in [6.45, 7) is 3.50. The zero-order chi connectivity index (χ0) is 21.7. The highest BCUT2D eigenvalue weighted by Gasteiger charge is 2.29. The van der Waals surface area contributed by atoms with Crippen molar-refractivity contribution in [2.75, 3.05) is 20.2 Å². The Kier molecular flexibility index (Phi) is 7.83. The van der Waals surface area contributed by atoms with Crippen molar-refractivity contribution in [1.29, 1.82) is 0 Å². The van der Waals surface area contributed by atoms with E-state index in [9.17, 15) is 9.59 Å². The van der Waals surface area contributed by atoms with Crippen LogP contribution in [0.15, 0.2) is 17.3 Å². The van der Waals surface area contributed by atoms with Crippen molar-refractivity contribution in [3.05, 3.63) is 28.3 Å². The van der Waals surface area contributed by atoms with E-state index in [0.29, 0.717) is 43.2 Å². The van der Waals surface area contributed by atoms with Crippen LogP contribution in [-0.2, 0) is 4.79 Å². The van der Waals surface area contributed by atoms with E-state index in [-0.39, 0.29) is 28.4 Å². The number of nitrogens with two attached hydrogens (primary N) is 1. The van der Waals surface area contributed by atoms with E-state index in [1.54, 1.807) is 0 Å².